The van der Waals surface area contributed by atoms with Crippen LogP contribution in [-0.4, -0.2) is 16.4 Å². The molecule has 10 heavy (non-hydrogen) atoms. The van der Waals surface area contributed by atoms with E-state index in [0.29, 0.717) is 6.10 Å². The predicted molar refractivity (Wildman–Crippen MR) is 36.6 cm³/mol. The average Bonchev–Trinajstić information content (AvgIpc) is 2.67. The van der Waals surface area contributed by atoms with Gasteiger partial charge in [0.05, 0.1) is 12.8 Å². The summed E-state index contributed by atoms with van der Waals surface area (Å²) in [7, 11) is 1.95. The zero-order valence-corrected chi connectivity index (χ0v) is 6.16. The second-order valence-electron chi connectivity index (χ2n) is 2.63. The smallest absolute Gasteiger partial charge is 0.109 e. The molecule has 2 rings (SSSR count). The number of aromatic nitrogens is 2. The van der Waals surface area contributed by atoms with Gasteiger partial charge in [-0.25, -0.2) is 0 Å². The molecular weight excluding hydrogens is 128 g/mol. The van der Waals surface area contributed by atoms with Crippen LogP contribution < -0.4 is 0 Å². The van der Waals surface area contributed by atoms with E-state index in [1.807, 2.05) is 17.9 Å². The minimum absolute atomic E-state index is 0.341. The van der Waals surface area contributed by atoms with Gasteiger partial charge in [0.15, 0.2) is 0 Å². The van der Waals surface area contributed by atoms with Gasteiger partial charge in [-0.3, -0.25) is 4.68 Å². The van der Waals surface area contributed by atoms with E-state index in [1.54, 1.807) is 0 Å². The molecule has 0 saturated carbocycles. The van der Waals surface area contributed by atoms with Gasteiger partial charge in [0.1, 0.15) is 6.10 Å². The Morgan fingerprint density at radius 2 is 2.50 bits per heavy atom. The molecule has 1 aliphatic heterocycles. The van der Waals surface area contributed by atoms with Gasteiger partial charge in [0, 0.05) is 18.3 Å². The molecule has 0 bridgehead atoms. The number of hydrogen-bond donors (Lipinski definition) is 0. The van der Waals surface area contributed by atoms with Crippen molar-refractivity contribution >= 4 is 0 Å². The Labute approximate surface area is 59.6 Å². The summed E-state index contributed by atoms with van der Waals surface area (Å²) in [5.74, 6) is 0. The van der Waals surface area contributed by atoms with Crippen molar-refractivity contribution in [1.82, 2.24) is 9.78 Å². The molecule has 1 fully saturated rings. The van der Waals surface area contributed by atoms with Crippen molar-refractivity contribution < 1.29 is 4.74 Å². The summed E-state index contributed by atoms with van der Waals surface area (Å²) in [6.07, 6.45) is 2.22. The lowest BCUT2D eigenvalue weighted by molar-refractivity contribution is 0.414. The summed E-state index contributed by atoms with van der Waals surface area (Å²) in [4.78, 5) is 0. The molecule has 2 heterocycles. The molecule has 0 radical (unpaired) electrons. The van der Waals surface area contributed by atoms with Crippen LogP contribution in [0.5, 0.6) is 0 Å². The fourth-order valence-corrected chi connectivity index (χ4v) is 1.06. The molecule has 54 valence electrons. The van der Waals surface area contributed by atoms with E-state index in [2.05, 4.69) is 12.0 Å². The van der Waals surface area contributed by atoms with Crippen molar-refractivity contribution in [2.45, 2.75) is 13.0 Å². The number of nitrogens with zero attached hydrogens (tertiary/aromatic N) is 2. The van der Waals surface area contributed by atoms with E-state index in [0.717, 1.165) is 6.61 Å². The van der Waals surface area contributed by atoms with E-state index in [1.165, 1.54) is 11.3 Å². The third-order valence-corrected chi connectivity index (χ3v) is 1.95. The van der Waals surface area contributed by atoms with Crippen molar-refractivity contribution in [2.75, 3.05) is 6.61 Å². The van der Waals surface area contributed by atoms with Crippen LogP contribution in [0.2, 0.25) is 0 Å². The zero-order valence-electron chi connectivity index (χ0n) is 6.16. The van der Waals surface area contributed by atoms with Crippen LogP contribution in [0.25, 0.3) is 0 Å². The minimum atomic E-state index is 0.341. The molecule has 0 N–H and O–H groups in total. The van der Waals surface area contributed by atoms with Gasteiger partial charge in [0.25, 0.3) is 0 Å². The molecule has 0 aliphatic carbocycles. The molecule has 3 heteroatoms. The molecular formula is C7H10N2O. The lowest BCUT2D eigenvalue weighted by atomic mass is 10.2. The van der Waals surface area contributed by atoms with Crippen LogP contribution in [0, 0.1) is 6.92 Å². The Morgan fingerprint density at radius 3 is 2.90 bits per heavy atom. The highest BCUT2D eigenvalue weighted by Crippen LogP contribution is 2.31. The Hall–Kier alpha value is -0.830. The van der Waals surface area contributed by atoms with Crippen molar-refractivity contribution in [3.63, 3.8) is 0 Å². The lowest BCUT2D eigenvalue weighted by Gasteiger charge is -1.93. The topological polar surface area (TPSA) is 30.4 Å². The molecule has 0 aromatic carbocycles. The first-order chi connectivity index (χ1) is 4.79. The van der Waals surface area contributed by atoms with E-state index < -0.39 is 0 Å². The summed E-state index contributed by atoms with van der Waals surface area (Å²) in [6, 6.07) is 0. The summed E-state index contributed by atoms with van der Waals surface area (Å²) < 4.78 is 7.01. The van der Waals surface area contributed by atoms with Crippen LogP contribution >= 0.6 is 0 Å². The summed E-state index contributed by atoms with van der Waals surface area (Å²) in [6.45, 7) is 2.93. The number of epoxide rings is 1. The van der Waals surface area contributed by atoms with E-state index in [4.69, 9.17) is 4.74 Å². The van der Waals surface area contributed by atoms with E-state index >= 15 is 0 Å². The number of rotatable bonds is 1. The van der Waals surface area contributed by atoms with Crippen LogP contribution in [-0.2, 0) is 11.8 Å². The fourth-order valence-electron chi connectivity index (χ4n) is 1.06. The molecule has 0 unspecified atom stereocenters. The first-order valence-corrected chi connectivity index (χ1v) is 3.39. The Morgan fingerprint density at radius 1 is 1.80 bits per heavy atom. The highest BCUT2D eigenvalue weighted by Gasteiger charge is 2.27. The fraction of sp³-hybridized carbons (Fsp3) is 0.571. The maximum Gasteiger partial charge on any atom is 0.109 e. The number of aryl methyl sites for hydroxylation is 1. The predicted octanol–water partition coefficient (Wildman–Crippen LogP) is 0.800. The van der Waals surface area contributed by atoms with Crippen LogP contribution in [0.15, 0.2) is 6.20 Å². The van der Waals surface area contributed by atoms with E-state index in [9.17, 15) is 0 Å². The molecule has 1 atom stereocenters. The average molecular weight is 138 g/mol. The maximum atomic E-state index is 5.14. The molecule has 1 aromatic heterocycles. The van der Waals surface area contributed by atoms with Crippen molar-refractivity contribution in [1.29, 1.82) is 0 Å². The van der Waals surface area contributed by atoms with Crippen LogP contribution in [0.1, 0.15) is 17.4 Å². The summed E-state index contributed by atoms with van der Waals surface area (Å²) >= 11 is 0. The molecule has 1 aromatic rings. The maximum absolute atomic E-state index is 5.14. The van der Waals surface area contributed by atoms with E-state index in [-0.39, 0.29) is 0 Å². The Kier molecular flexibility index (Phi) is 1.08. The van der Waals surface area contributed by atoms with Gasteiger partial charge in [0.2, 0.25) is 0 Å². The minimum Gasteiger partial charge on any atom is -0.368 e. The number of ether oxygens (including phenoxy) is 1. The normalized spacial score (nSPS) is 23.2. The molecule has 0 amide bonds. The third kappa shape index (κ3) is 0.743. The van der Waals surface area contributed by atoms with Gasteiger partial charge >= 0.3 is 0 Å². The van der Waals surface area contributed by atoms with Crippen molar-refractivity contribution in [3.05, 3.63) is 17.5 Å². The largest absolute Gasteiger partial charge is 0.368 e. The third-order valence-electron chi connectivity index (χ3n) is 1.95. The van der Waals surface area contributed by atoms with Crippen molar-refractivity contribution in [2.24, 2.45) is 7.05 Å². The second-order valence-corrected chi connectivity index (χ2v) is 2.63. The molecule has 0 spiro atoms. The number of hydrogen-bond acceptors (Lipinski definition) is 2. The SMILES string of the molecule is Cc1c([C@H]2CO2)cnn1C. The summed E-state index contributed by atoms with van der Waals surface area (Å²) in [5.41, 5.74) is 2.45. The van der Waals surface area contributed by atoms with Gasteiger partial charge < -0.3 is 4.74 Å². The monoisotopic (exact) mass is 138 g/mol. The summed E-state index contributed by atoms with van der Waals surface area (Å²) in [5, 5.41) is 4.11. The van der Waals surface area contributed by atoms with Gasteiger partial charge in [-0.2, -0.15) is 5.10 Å². The van der Waals surface area contributed by atoms with Crippen LogP contribution in [0.3, 0.4) is 0 Å². The van der Waals surface area contributed by atoms with Gasteiger partial charge in [-0.1, -0.05) is 0 Å². The highest BCUT2D eigenvalue weighted by atomic mass is 16.6. The lowest BCUT2D eigenvalue weighted by Crippen LogP contribution is -1.93. The van der Waals surface area contributed by atoms with Crippen LogP contribution in [0.4, 0.5) is 0 Å². The standard InChI is InChI=1S/C7H10N2O/c1-5-6(7-4-10-7)3-8-9(5)2/h3,7H,4H2,1-2H3/t7-/m1/s1. The Balaban J connectivity index is 2.40. The first-order valence-electron chi connectivity index (χ1n) is 3.39. The molecule has 1 saturated heterocycles. The van der Waals surface area contributed by atoms with Gasteiger partial charge in [-0.05, 0) is 6.92 Å². The quantitative estimate of drug-likeness (QED) is 0.537. The van der Waals surface area contributed by atoms with Crippen molar-refractivity contribution in [3.8, 4) is 0 Å². The second kappa shape index (κ2) is 1.83. The Bertz CT molecular complexity index is 250. The van der Waals surface area contributed by atoms with Gasteiger partial charge in [-0.15, -0.1) is 0 Å². The molecule has 1 aliphatic rings. The first kappa shape index (κ1) is 5.92. The highest BCUT2D eigenvalue weighted by molar-refractivity contribution is 5.21. The molecule has 3 nitrogen and oxygen atoms in total. The zero-order chi connectivity index (χ0) is 7.14.